The average Bonchev–Trinajstić information content (AvgIpc) is 3.19. The highest BCUT2D eigenvalue weighted by Gasteiger charge is 2.49. The molecule has 39 heavy (non-hydrogen) atoms. The lowest BCUT2D eigenvalue weighted by Gasteiger charge is -2.38. The third kappa shape index (κ3) is 5.66. The molecule has 2 aliphatic rings. The van der Waals surface area contributed by atoms with E-state index in [1.807, 2.05) is 41.3 Å². The molecule has 0 aliphatic carbocycles. The van der Waals surface area contributed by atoms with E-state index < -0.39 is 17.6 Å². The molecule has 1 saturated heterocycles. The number of Topliss-reactive ketones (excluding diaryl/α,β-unsaturated/α-hetero) is 1. The number of anilines is 1. The number of rotatable bonds is 3. The molecule has 1 spiro atoms. The van der Waals surface area contributed by atoms with E-state index in [9.17, 15) is 27.6 Å². The second-order valence-electron chi connectivity index (χ2n) is 9.26. The number of carbonyl (C=O) groups excluding carboxylic acids is 3. The van der Waals surface area contributed by atoms with Crippen LogP contribution >= 0.6 is 0 Å². The Morgan fingerprint density at radius 2 is 1.49 bits per heavy atom. The summed E-state index contributed by atoms with van der Waals surface area (Å²) in [6.07, 6.45) is -0.696. The predicted octanol–water partition coefficient (Wildman–Crippen LogP) is 4.71. The van der Waals surface area contributed by atoms with Crippen LogP contribution in [0.3, 0.4) is 0 Å². The van der Waals surface area contributed by atoms with Crippen molar-refractivity contribution in [2.75, 3.05) is 18.4 Å². The van der Waals surface area contributed by atoms with Gasteiger partial charge in [-0.25, -0.2) is 4.79 Å². The van der Waals surface area contributed by atoms with Gasteiger partial charge in [0.2, 0.25) is 5.91 Å². The number of piperidine rings is 1. The highest BCUT2D eigenvalue weighted by Crippen LogP contribution is 2.46. The van der Waals surface area contributed by atoms with Crippen LogP contribution in [-0.2, 0) is 15.0 Å². The number of hydrogen-bond acceptors (Lipinski definition) is 5. The number of pyridine rings is 1. The van der Waals surface area contributed by atoms with Crippen molar-refractivity contribution in [1.82, 2.24) is 9.88 Å². The van der Waals surface area contributed by atoms with Gasteiger partial charge >= 0.3 is 12.1 Å². The number of nitrogens with one attached hydrogen (secondary N) is 1. The summed E-state index contributed by atoms with van der Waals surface area (Å²) in [6.45, 7) is 2.59. The molecule has 0 radical (unpaired) electrons. The number of halogens is 3. The molecule has 11 heteroatoms. The summed E-state index contributed by atoms with van der Waals surface area (Å²) in [6, 6.07) is 17.0. The zero-order valence-corrected chi connectivity index (χ0v) is 20.8. The Kier molecular flexibility index (Phi) is 7.53. The summed E-state index contributed by atoms with van der Waals surface area (Å²) >= 11 is 0. The number of hydrogen-bond donors (Lipinski definition) is 2. The number of aromatic nitrogens is 1. The number of ketones is 1. The quantitative estimate of drug-likeness (QED) is 0.466. The van der Waals surface area contributed by atoms with Gasteiger partial charge in [-0.05, 0) is 60.7 Å². The third-order valence-corrected chi connectivity index (χ3v) is 6.92. The van der Waals surface area contributed by atoms with Crippen molar-refractivity contribution in [3.05, 3.63) is 83.7 Å². The van der Waals surface area contributed by atoms with Crippen molar-refractivity contribution in [3.8, 4) is 11.1 Å². The van der Waals surface area contributed by atoms with E-state index in [4.69, 9.17) is 9.90 Å². The number of fused-ring (bicyclic) bond motifs is 2. The third-order valence-electron chi connectivity index (χ3n) is 6.92. The van der Waals surface area contributed by atoms with E-state index in [-0.39, 0.29) is 17.6 Å². The molecule has 202 valence electrons. The summed E-state index contributed by atoms with van der Waals surface area (Å²) in [5.41, 5.74) is 4.50. The first-order valence-electron chi connectivity index (χ1n) is 12.0. The lowest BCUT2D eigenvalue weighted by atomic mass is 9.73. The summed E-state index contributed by atoms with van der Waals surface area (Å²) < 4.78 is 31.7. The Labute approximate surface area is 221 Å². The summed E-state index contributed by atoms with van der Waals surface area (Å²) in [5, 5.41) is 10.2. The Balaban J connectivity index is 0.000000448. The predicted molar refractivity (Wildman–Crippen MR) is 135 cm³/mol. The maximum atomic E-state index is 13.1. The highest BCUT2D eigenvalue weighted by molar-refractivity contribution is 6.07. The summed E-state index contributed by atoms with van der Waals surface area (Å²) in [5.74, 6) is -2.74. The summed E-state index contributed by atoms with van der Waals surface area (Å²) in [4.78, 5) is 52.1. The standard InChI is InChI=1S/C26H23N3O3.C2HF3O2/c1-17(30)18-2-4-19(5-3-18)21-6-7-23-22(16-21)26(25(32)28-23)10-14-29(15-11-26)24(31)20-8-12-27-13-9-20;3-2(4,5)1(6)7/h2-9,12-13,16H,10-11,14-15H2,1H3,(H,28,32);(H,6,7). The topological polar surface area (TPSA) is 117 Å². The fourth-order valence-electron chi connectivity index (χ4n) is 4.76. The molecule has 0 bridgehead atoms. The fraction of sp³-hybridized carbons (Fsp3) is 0.250. The number of carbonyl (C=O) groups is 4. The number of likely N-dealkylation sites (tertiary alicyclic amines) is 1. The van der Waals surface area contributed by atoms with Crippen molar-refractivity contribution >= 4 is 29.3 Å². The molecule has 1 aromatic heterocycles. The molecule has 2 N–H and O–H groups in total. The van der Waals surface area contributed by atoms with Gasteiger partial charge in [-0.3, -0.25) is 19.4 Å². The van der Waals surface area contributed by atoms with Crippen LogP contribution in [0.5, 0.6) is 0 Å². The number of amides is 2. The molecular weight excluding hydrogens is 515 g/mol. The smallest absolute Gasteiger partial charge is 0.475 e. The maximum absolute atomic E-state index is 13.1. The molecule has 3 aromatic rings. The van der Waals surface area contributed by atoms with E-state index in [1.165, 1.54) is 0 Å². The van der Waals surface area contributed by atoms with Gasteiger partial charge in [0.05, 0.1) is 5.41 Å². The molecule has 1 fully saturated rings. The average molecular weight is 540 g/mol. The Morgan fingerprint density at radius 3 is 2.03 bits per heavy atom. The van der Waals surface area contributed by atoms with Gasteiger partial charge in [0, 0.05) is 42.3 Å². The van der Waals surface area contributed by atoms with Crippen LogP contribution in [0, 0.1) is 0 Å². The first kappa shape index (κ1) is 27.5. The number of alkyl halides is 3. The number of carboxylic acids is 1. The van der Waals surface area contributed by atoms with Gasteiger partial charge in [-0.2, -0.15) is 13.2 Å². The van der Waals surface area contributed by atoms with Crippen LogP contribution in [-0.4, -0.2) is 57.8 Å². The van der Waals surface area contributed by atoms with Crippen LogP contribution in [0.2, 0.25) is 0 Å². The van der Waals surface area contributed by atoms with Crippen molar-refractivity contribution in [3.63, 3.8) is 0 Å². The number of benzene rings is 2. The lowest BCUT2D eigenvalue weighted by Crippen LogP contribution is -2.48. The van der Waals surface area contributed by atoms with E-state index in [2.05, 4.69) is 16.4 Å². The number of nitrogens with zero attached hydrogens (tertiary/aromatic N) is 2. The Bertz CT molecular complexity index is 1410. The fourth-order valence-corrected chi connectivity index (χ4v) is 4.76. The molecule has 2 aromatic carbocycles. The lowest BCUT2D eigenvalue weighted by molar-refractivity contribution is -0.192. The molecule has 0 unspecified atom stereocenters. The maximum Gasteiger partial charge on any atom is 0.490 e. The summed E-state index contributed by atoms with van der Waals surface area (Å²) in [7, 11) is 0. The van der Waals surface area contributed by atoms with E-state index in [0.29, 0.717) is 37.1 Å². The largest absolute Gasteiger partial charge is 0.490 e. The van der Waals surface area contributed by atoms with Gasteiger partial charge in [-0.1, -0.05) is 30.3 Å². The first-order chi connectivity index (χ1) is 18.4. The van der Waals surface area contributed by atoms with Gasteiger partial charge in [-0.15, -0.1) is 0 Å². The molecule has 2 amide bonds. The highest BCUT2D eigenvalue weighted by atomic mass is 19.4. The number of carboxylic acid groups (broad SMARTS) is 1. The zero-order valence-electron chi connectivity index (χ0n) is 20.8. The normalized spacial score (nSPS) is 15.6. The Hall–Kier alpha value is -4.54. The van der Waals surface area contributed by atoms with E-state index in [1.54, 1.807) is 31.5 Å². The van der Waals surface area contributed by atoms with Gasteiger partial charge in [0.25, 0.3) is 5.91 Å². The molecule has 5 rings (SSSR count). The van der Waals surface area contributed by atoms with Crippen LogP contribution in [0.4, 0.5) is 18.9 Å². The Morgan fingerprint density at radius 1 is 0.923 bits per heavy atom. The van der Waals surface area contributed by atoms with Crippen LogP contribution in [0.15, 0.2) is 67.0 Å². The van der Waals surface area contributed by atoms with Crippen LogP contribution < -0.4 is 5.32 Å². The van der Waals surface area contributed by atoms with Crippen molar-refractivity contribution in [1.29, 1.82) is 0 Å². The SMILES string of the molecule is CC(=O)c1ccc(-c2ccc3c(c2)C2(CCN(C(=O)c4ccncc4)CC2)C(=O)N3)cc1.O=C(O)C(F)(F)F. The first-order valence-corrected chi connectivity index (χ1v) is 12.0. The number of aliphatic carboxylic acids is 1. The van der Waals surface area contributed by atoms with E-state index >= 15 is 0 Å². The van der Waals surface area contributed by atoms with Gasteiger partial charge in [0.15, 0.2) is 5.78 Å². The molecular formula is C28H24F3N3O5. The van der Waals surface area contributed by atoms with Crippen molar-refractivity contribution < 1.29 is 37.5 Å². The minimum atomic E-state index is -5.08. The van der Waals surface area contributed by atoms with Crippen molar-refractivity contribution in [2.24, 2.45) is 0 Å². The van der Waals surface area contributed by atoms with Crippen LogP contribution in [0.1, 0.15) is 46.0 Å². The minimum Gasteiger partial charge on any atom is -0.475 e. The molecule has 0 atom stereocenters. The van der Waals surface area contributed by atoms with Crippen molar-refractivity contribution in [2.45, 2.75) is 31.4 Å². The minimum absolute atomic E-state index is 0.00703. The zero-order chi connectivity index (χ0) is 28.4. The molecule has 8 nitrogen and oxygen atoms in total. The molecule has 0 saturated carbocycles. The second-order valence-corrected chi connectivity index (χ2v) is 9.26. The molecule has 3 heterocycles. The van der Waals surface area contributed by atoms with Gasteiger partial charge in [0.1, 0.15) is 0 Å². The monoisotopic (exact) mass is 539 g/mol. The molecule has 2 aliphatic heterocycles. The van der Waals surface area contributed by atoms with Crippen LogP contribution in [0.25, 0.3) is 11.1 Å². The second kappa shape index (κ2) is 10.7. The van der Waals surface area contributed by atoms with E-state index in [0.717, 1.165) is 22.4 Å². The van der Waals surface area contributed by atoms with Gasteiger partial charge < -0.3 is 15.3 Å².